The van der Waals surface area contributed by atoms with Crippen molar-refractivity contribution in [1.82, 2.24) is 5.32 Å². The van der Waals surface area contributed by atoms with Gasteiger partial charge in [-0.15, -0.1) is 0 Å². The molecule has 0 aromatic heterocycles. The third-order valence-corrected chi connectivity index (χ3v) is 5.48. The van der Waals surface area contributed by atoms with E-state index < -0.39 is 0 Å². The van der Waals surface area contributed by atoms with Gasteiger partial charge in [0.1, 0.15) is 12.4 Å². The second-order valence-corrected chi connectivity index (χ2v) is 7.70. The number of aryl methyl sites for hydroxylation is 1. The fourth-order valence-electron chi connectivity index (χ4n) is 3.16. The van der Waals surface area contributed by atoms with Crippen LogP contribution in [0.15, 0.2) is 48.5 Å². The van der Waals surface area contributed by atoms with Crippen molar-refractivity contribution >= 4 is 0 Å². The molecule has 1 N–H and O–H groups in total. The van der Waals surface area contributed by atoms with Crippen molar-refractivity contribution in [1.29, 1.82) is 0 Å². The second kappa shape index (κ2) is 9.78. The SMILES string of the molecule is [CH2]C(C)(Cc1ccccc1OCCNCc1ccccc1C)C(C)CC. The minimum atomic E-state index is 0.0251. The number of nitrogens with one attached hydrogen (secondary N) is 1. The van der Waals surface area contributed by atoms with E-state index in [1.54, 1.807) is 0 Å². The standard InChI is InChI=1S/C24H34NO/c1-6-20(3)24(4,5)17-21-12-9-10-14-23(21)26-16-15-25-18-22-13-8-7-11-19(22)2/h7-14,20,25H,4,6,15-18H2,1-3,5H3. The summed E-state index contributed by atoms with van der Waals surface area (Å²) in [6, 6.07) is 16.9. The van der Waals surface area contributed by atoms with E-state index in [1.165, 1.54) is 16.7 Å². The van der Waals surface area contributed by atoms with Gasteiger partial charge in [0.25, 0.3) is 0 Å². The zero-order chi connectivity index (χ0) is 19.0. The van der Waals surface area contributed by atoms with Gasteiger partial charge in [-0.1, -0.05) is 69.7 Å². The molecule has 2 unspecified atom stereocenters. The van der Waals surface area contributed by atoms with E-state index in [9.17, 15) is 0 Å². The zero-order valence-electron chi connectivity index (χ0n) is 16.8. The maximum Gasteiger partial charge on any atom is 0.122 e. The largest absolute Gasteiger partial charge is 0.492 e. The van der Waals surface area contributed by atoms with Gasteiger partial charge in [0.05, 0.1) is 0 Å². The van der Waals surface area contributed by atoms with Gasteiger partial charge in [0.2, 0.25) is 0 Å². The summed E-state index contributed by atoms with van der Waals surface area (Å²) in [6.07, 6.45) is 2.08. The van der Waals surface area contributed by atoms with Gasteiger partial charge in [-0.05, 0) is 54.4 Å². The first-order valence-electron chi connectivity index (χ1n) is 9.75. The quantitative estimate of drug-likeness (QED) is 0.563. The van der Waals surface area contributed by atoms with Crippen LogP contribution in [0, 0.1) is 25.2 Å². The van der Waals surface area contributed by atoms with Crippen LogP contribution in [0.1, 0.15) is 43.9 Å². The Morgan fingerprint density at radius 2 is 1.73 bits per heavy atom. The fourth-order valence-corrected chi connectivity index (χ4v) is 3.16. The molecule has 0 aliphatic heterocycles. The molecule has 1 radical (unpaired) electrons. The maximum absolute atomic E-state index is 6.07. The average molecular weight is 353 g/mol. The van der Waals surface area contributed by atoms with Crippen molar-refractivity contribution in [3.05, 3.63) is 72.1 Å². The Labute approximate surface area is 160 Å². The highest BCUT2D eigenvalue weighted by molar-refractivity contribution is 5.34. The molecular formula is C24H34NO. The van der Waals surface area contributed by atoms with Crippen LogP contribution in [0.2, 0.25) is 0 Å². The van der Waals surface area contributed by atoms with E-state index in [1.807, 2.05) is 6.07 Å². The third kappa shape index (κ3) is 5.88. The van der Waals surface area contributed by atoms with E-state index in [0.717, 1.165) is 31.7 Å². The van der Waals surface area contributed by atoms with Gasteiger partial charge < -0.3 is 10.1 Å². The van der Waals surface area contributed by atoms with E-state index in [4.69, 9.17) is 4.74 Å². The molecule has 0 aliphatic carbocycles. The molecule has 0 aliphatic rings. The Balaban J connectivity index is 1.85. The van der Waals surface area contributed by atoms with E-state index >= 15 is 0 Å². The van der Waals surface area contributed by atoms with Gasteiger partial charge in [0.15, 0.2) is 0 Å². The molecule has 0 amide bonds. The third-order valence-electron chi connectivity index (χ3n) is 5.48. The summed E-state index contributed by atoms with van der Waals surface area (Å²) in [7, 11) is 0. The molecule has 0 saturated heterocycles. The molecule has 2 nitrogen and oxygen atoms in total. The topological polar surface area (TPSA) is 21.3 Å². The number of hydrogen-bond acceptors (Lipinski definition) is 2. The predicted molar refractivity (Wildman–Crippen MR) is 111 cm³/mol. The zero-order valence-corrected chi connectivity index (χ0v) is 16.8. The molecule has 0 saturated carbocycles. The van der Waals surface area contributed by atoms with Crippen LogP contribution in [0.4, 0.5) is 0 Å². The van der Waals surface area contributed by atoms with Gasteiger partial charge >= 0.3 is 0 Å². The van der Waals surface area contributed by atoms with Crippen molar-refractivity contribution in [2.75, 3.05) is 13.2 Å². The molecule has 2 heteroatoms. The molecule has 2 aromatic rings. The number of benzene rings is 2. The molecule has 0 bridgehead atoms. The summed E-state index contributed by atoms with van der Waals surface area (Å²) in [4.78, 5) is 0. The van der Waals surface area contributed by atoms with Crippen molar-refractivity contribution in [2.45, 2.75) is 47.1 Å². The smallest absolute Gasteiger partial charge is 0.122 e. The minimum Gasteiger partial charge on any atom is -0.492 e. The number of rotatable bonds is 10. The molecule has 0 fully saturated rings. The maximum atomic E-state index is 6.07. The van der Waals surface area contributed by atoms with Crippen LogP contribution in [0.3, 0.4) is 0 Å². The average Bonchev–Trinajstić information content (AvgIpc) is 2.63. The Bertz CT molecular complexity index is 677. The Morgan fingerprint density at radius 1 is 1.08 bits per heavy atom. The molecule has 2 atom stereocenters. The van der Waals surface area contributed by atoms with Gasteiger partial charge in [-0.3, -0.25) is 0 Å². The highest BCUT2D eigenvalue weighted by Crippen LogP contribution is 2.35. The summed E-state index contributed by atoms with van der Waals surface area (Å²) in [5.74, 6) is 1.56. The van der Waals surface area contributed by atoms with Gasteiger partial charge in [-0.2, -0.15) is 0 Å². The molecule has 0 heterocycles. The summed E-state index contributed by atoms with van der Waals surface area (Å²) >= 11 is 0. The van der Waals surface area contributed by atoms with E-state index in [-0.39, 0.29) is 5.41 Å². The summed E-state index contributed by atoms with van der Waals surface area (Å²) < 4.78 is 6.07. The van der Waals surface area contributed by atoms with Crippen LogP contribution >= 0.6 is 0 Å². The summed E-state index contributed by atoms with van der Waals surface area (Å²) in [6.45, 7) is 15.8. The lowest BCUT2D eigenvalue weighted by Gasteiger charge is -2.31. The number of hydrogen-bond donors (Lipinski definition) is 1. The molecule has 0 spiro atoms. The molecule has 2 rings (SSSR count). The predicted octanol–water partition coefficient (Wildman–Crippen LogP) is 5.59. The molecular weight excluding hydrogens is 318 g/mol. The van der Waals surface area contributed by atoms with Crippen molar-refractivity contribution in [2.24, 2.45) is 11.3 Å². The van der Waals surface area contributed by atoms with Crippen molar-refractivity contribution in [3.8, 4) is 5.75 Å². The fraction of sp³-hybridized carbons (Fsp3) is 0.458. The lowest BCUT2D eigenvalue weighted by molar-refractivity contribution is 0.254. The van der Waals surface area contributed by atoms with E-state index in [2.05, 4.69) is 82.4 Å². The van der Waals surface area contributed by atoms with Crippen molar-refractivity contribution < 1.29 is 4.74 Å². The van der Waals surface area contributed by atoms with Crippen LogP contribution in [0.25, 0.3) is 0 Å². The van der Waals surface area contributed by atoms with Crippen LogP contribution < -0.4 is 10.1 Å². The molecule has 2 aromatic carbocycles. The lowest BCUT2D eigenvalue weighted by atomic mass is 9.74. The Morgan fingerprint density at radius 3 is 2.42 bits per heavy atom. The van der Waals surface area contributed by atoms with Gasteiger partial charge in [0, 0.05) is 13.1 Å². The first-order chi connectivity index (χ1) is 12.4. The van der Waals surface area contributed by atoms with Crippen LogP contribution in [-0.2, 0) is 13.0 Å². The first kappa shape index (κ1) is 20.5. The van der Waals surface area contributed by atoms with E-state index in [0.29, 0.717) is 12.5 Å². The highest BCUT2D eigenvalue weighted by Gasteiger charge is 2.26. The molecule has 141 valence electrons. The normalized spacial score (nSPS) is 12.8. The van der Waals surface area contributed by atoms with Crippen LogP contribution in [0.5, 0.6) is 5.75 Å². The molecule has 26 heavy (non-hydrogen) atoms. The monoisotopic (exact) mass is 352 g/mol. The minimum absolute atomic E-state index is 0.0251. The highest BCUT2D eigenvalue weighted by atomic mass is 16.5. The Hall–Kier alpha value is -1.80. The summed E-state index contributed by atoms with van der Waals surface area (Å²) in [5, 5.41) is 3.47. The first-order valence-corrected chi connectivity index (χ1v) is 9.75. The Kier molecular flexibility index (Phi) is 7.71. The van der Waals surface area contributed by atoms with Gasteiger partial charge in [-0.25, -0.2) is 0 Å². The second-order valence-electron chi connectivity index (χ2n) is 7.70. The van der Waals surface area contributed by atoms with Crippen molar-refractivity contribution in [3.63, 3.8) is 0 Å². The number of para-hydroxylation sites is 1. The van der Waals surface area contributed by atoms with Crippen LogP contribution in [-0.4, -0.2) is 13.2 Å². The lowest BCUT2D eigenvalue weighted by Crippen LogP contribution is -2.25. The summed E-state index contributed by atoms with van der Waals surface area (Å²) in [5.41, 5.74) is 3.95. The number of ether oxygens (including phenoxy) is 1.